The van der Waals surface area contributed by atoms with E-state index < -0.39 is 5.67 Å². The van der Waals surface area contributed by atoms with Crippen LogP contribution in [0, 0.1) is 5.92 Å². The molecule has 0 aromatic rings. The molecule has 2 aliphatic rings. The Morgan fingerprint density at radius 3 is 2.38 bits per heavy atom. The molecule has 0 aromatic heterocycles. The van der Waals surface area contributed by atoms with Crippen LogP contribution in [0.25, 0.3) is 0 Å². The molecule has 0 heterocycles. The predicted molar refractivity (Wildman–Crippen MR) is 33.9 cm³/mol. The molecule has 0 saturated heterocycles. The fraction of sp³-hybridized carbons (Fsp3) is 1.00. The Labute approximate surface area is 56.6 Å². The first-order chi connectivity index (χ1) is 3.73. The third kappa shape index (κ3) is 0.450. The van der Waals surface area contributed by atoms with Gasteiger partial charge in [0.1, 0.15) is 5.67 Å². The van der Waals surface area contributed by atoms with Crippen molar-refractivity contribution in [3.63, 3.8) is 0 Å². The maximum absolute atomic E-state index is 13.0. The van der Waals surface area contributed by atoms with Crippen LogP contribution in [0.15, 0.2) is 0 Å². The summed E-state index contributed by atoms with van der Waals surface area (Å²) in [5, 5.41) is 0. The molecule has 0 bridgehead atoms. The third-order valence-electron chi connectivity index (χ3n) is 2.37. The van der Waals surface area contributed by atoms with E-state index in [1.54, 1.807) is 0 Å². The molecule has 3 unspecified atom stereocenters. The van der Waals surface area contributed by atoms with Gasteiger partial charge in [-0.05, 0) is 25.2 Å². The van der Waals surface area contributed by atoms with E-state index in [1.807, 2.05) is 0 Å². The summed E-state index contributed by atoms with van der Waals surface area (Å²) in [7, 11) is 0. The molecule has 0 aliphatic heterocycles. The summed E-state index contributed by atoms with van der Waals surface area (Å²) in [6.07, 6.45) is 2.97. The van der Waals surface area contributed by atoms with Crippen molar-refractivity contribution < 1.29 is 4.39 Å². The van der Waals surface area contributed by atoms with Crippen molar-refractivity contribution in [1.29, 1.82) is 0 Å². The lowest BCUT2D eigenvalue weighted by atomic mass is 10.2. The molecule has 0 spiro atoms. The van der Waals surface area contributed by atoms with E-state index in [2.05, 4.69) is 15.9 Å². The molecule has 0 aromatic carbocycles. The van der Waals surface area contributed by atoms with Crippen LogP contribution in [0.1, 0.15) is 19.3 Å². The Morgan fingerprint density at radius 1 is 1.50 bits per heavy atom. The smallest absolute Gasteiger partial charge is 0.126 e. The Kier molecular flexibility index (Phi) is 0.836. The molecule has 8 heavy (non-hydrogen) atoms. The van der Waals surface area contributed by atoms with Crippen molar-refractivity contribution >= 4 is 15.9 Å². The molecule has 2 rings (SSSR count). The topological polar surface area (TPSA) is 0 Å². The number of fused-ring (bicyclic) bond motifs is 1. The first kappa shape index (κ1) is 5.21. The second kappa shape index (κ2) is 1.28. The van der Waals surface area contributed by atoms with E-state index in [4.69, 9.17) is 0 Å². The normalized spacial score (nSPS) is 60.8. The van der Waals surface area contributed by atoms with Crippen LogP contribution in [0.5, 0.6) is 0 Å². The summed E-state index contributed by atoms with van der Waals surface area (Å²) in [5.74, 6) is 0.423. The average Bonchev–Trinajstić information content (AvgIpc) is 2.31. The van der Waals surface area contributed by atoms with E-state index >= 15 is 0 Å². The Balaban J connectivity index is 2.19. The molecule has 0 amide bonds. The Hall–Kier alpha value is 0.410. The maximum atomic E-state index is 13.0. The van der Waals surface area contributed by atoms with Crippen molar-refractivity contribution in [1.82, 2.24) is 0 Å². The number of hydrogen-bond acceptors (Lipinski definition) is 0. The number of rotatable bonds is 0. The lowest BCUT2D eigenvalue weighted by molar-refractivity contribution is 0.307. The van der Waals surface area contributed by atoms with Gasteiger partial charge in [-0.2, -0.15) is 0 Å². The summed E-state index contributed by atoms with van der Waals surface area (Å²) in [6, 6.07) is 0. The van der Waals surface area contributed by atoms with Gasteiger partial charge in [0.15, 0.2) is 0 Å². The van der Waals surface area contributed by atoms with Gasteiger partial charge >= 0.3 is 0 Å². The molecule has 0 nitrogen and oxygen atoms in total. The van der Waals surface area contributed by atoms with Gasteiger partial charge in [0.05, 0.1) is 0 Å². The van der Waals surface area contributed by atoms with E-state index in [0.717, 1.165) is 19.3 Å². The standard InChI is InChI=1S/C6H8BrF/c7-5-2-1-4-3-6(4,5)8/h4-5H,1-3H2. The van der Waals surface area contributed by atoms with E-state index in [1.165, 1.54) is 0 Å². The van der Waals surface area contributed by atoms with Crippen molar-refractivity contribution in [2.75, 3.05) is 0 Å². The highest BCUT2D eigenvalue weighted by Crippen LogP contribution is 2.61. The lowest BCUT2D eigenvalue weighted by Gasteiger charge is -2.04. The van der Waals surface area contributed by atoms with E-state index in [-0.39, 0.29) is 4.83 Å². The second-order valence-electron chi connectivity index (χ2n) is 2.87. The van der Waals surface area contributed by atoms with Crippen LogP contribution in [0.4, 0.5) is 4.39 Å². The Bertz CT molecular complexity index is 124. The minimum atomic E-state index is -0.764. The minimum absolute atomic E-state index is 0.181. The van der Waals surface area contributed by atoms with Crippen molar-refractivity contribution in [2.45, 2.75) is 29.8 Å². The maximum Gasteiger partial charge on any atom is 0.126 e. The van der Waals surface area contributed by atoms with Crippen LogP contribution in [-0.4, -0.2) is 10.5 Å². The molecular weight excluding hydrogens is 171 g/mol. The van der Waals surface area contributed by atoms with E-state index in [0.29, 0.717) is 5.92 Å². The molecular formula is C6H8BrF. The van der Waals surface area contributed by atoms with Crippen LogP contribution < -0.4 is 0 Å². The van der Waals surface area contributed by atoms with Gasteiger partial charge in [0.25, 0.3) is 0 Å². The zero-order valence-corrected chi connectivity index (χ0v) is 6.12. The first-order valence-corrected chi connectivity index (χ1v) is 3.98. The van der Waals surface area contributed by atoms with Gasteiger partial charge in [-0.25, -0.2) is 4.39 Å². The SMILES string of the molecule is FC12CC1CCC2Br. The van der Waals surface area contributed by atoms with E-state index in [9.17, 15) is 4.39 Å². The van der Waals surface area contributed by atoms with Gasteiger partial charge in [0, 0.05) is 4.83 Å². The average molecular weight is 179 g/mol. The molecule has 2 aliphatic carbocycles. The zero-order valence-electron chi connectivity index (χ0n) is 4.53. The highest BCUT2D eigenvalue weighted by molar-refractivity contribution is 9.09. The highest BCUT2D eigenvalue weighted by Gasteiger charge is 2.63. The minimum Gasteiger partial charge on any atom is -0.242 e. The Morgan fingerprint density at radius 2 is 2.25 bits per heavy atom. The van der Waals surface area contributed by atoms with Gasteiger partial charge in [-0.1, -0.05) is 15.9 Å². The highest BCUT2D eigenvalue weighted by atomic mass is 79.9. The summed E-state index contributed by atoms with van der Waals surface area (Å²) >= 11 is 3.33. The van der Waals surface area contributed by atoms with Crippen LogP contribution in [0.2, 0.25) is 0 Å². The van der Waals surface area contributed by atoms with Crippen LogP contribution in [0.3, 0.4) is 0 Å². The molecule has 2 saturated carbocycles. The molecule has 2 heteroatoms. The summed E-state index contributed by atoms with van der Waals surface area (Å²) < 4.78 is 13.0. The molecule has 0 radical (unpaired) electrons. The quantitative estimate of drug-likeness (QED) is 0.500. The van der Waals surface area contributed by atoms with Crippen LogP contribution in [-0.2, 0) is 0 Å². The summed E-state index contributed by atoms with van der Waals surface area (Å²) in [6.45, 7) is 0. The number of halogens is 2. The zero-order chi connectivity index (χ0) is 5.78. The number of alkyl halides is 2. The monoisotopic (exact) mass is 178 g/mol. The van der Waals surface area contributed by atoms with Gasteiger partial charge < -0.3 is 0 Å². The summed E-state index contributed by atoms with van der Waals surface area (Å²) in [5.41, 5.74) is -0.764. The molecule has 3 atom stereocenters. The van der Waals surface area contributed by atoms with Gasteiger partial charge in [-0.3, -0.25) is 0 Å². The largest absolute Gasteiger partial charge is 0.242 e. The fourth-order valence-corrected chi connectivity index (χ4v) is 2.46. The summed E-state index contributed by atoms with van der Waals surface area (Å²) in [4.78, 5) is 0.181. The van der Waals surface area contributed by atoms with Crippen molar-refractivity contribution in [3.05, 3.63) is 0 Å². The van der Waals surface area contributed by atoms with Gasteiger partial charge in [-0.15, -0.1) is 0 Å². The lowest BCUT2D eigenvalue weighted by Crippen LogP contribution is -2.11. The third-order valence-corrected chi connectivity index (χ3v) is 3.59. The van der Waals surface area contributed by atoms with Crippen molar-refractivity contribution in [2.24, 2.45) is 5.92 Å². The molecule has 0 N–H and O–H groups in total. The van der Waals surface area contributed by atoms with Gasteiger partial charge in [0.2, 0.25) is 0 Å². The number of hydrogen-bond donors (Lipinski definition) is 0. The second-order valence-corrected chi connectivity index (χ2v) is 3.98. The predicted octanol–water partition coefficient (Wildman–Crippen LogP) is 2.27. The molecule has 2 fully saturated rings. The van der Waals surface area contributed by atoms with Crippen molar-refractivity contribution in [3.8, 4) is 0 Å². The fourth-order valence-electron chi connectivity index (χ4n) is 1.63. The molecule has 46 valence electrons. The van der Waals surface area contributed by atoms with Crippen LogP contribution >= 0.6 is 15.9 Å². The first-order valence-electron chi connectivity index (χ1n) is 3.06.